The number of para-hydroxylation sites is 1. The molecule has 124 valence electrons. The first-order chi connectivity index (χ1) is 11.5. The Bertz CT molecular complexity index is 786. The molecule has 1 aliphatic rings. The number of thiocarbonyl (C=S) groups is 1. The van der Waals surface area contributed by atoms with Crippen molar-refractivity contribution in [3.05, 3.63) is 54.6 Å². The van der Waals surface area contributed by atoms with Crippen LogP contribution in [0.4, 0.5) is 11.4 Å². The topological polar surface area (TPSA) is 48.1 Å². The lowest BCUT2D eigenvalue weighted by Crippen LogP contribution is -2.45. The average molecular weight is 357 g/mol. The second-order valence-electron chi connectivity index (χ2n) is 5.79. The first kappa shape index (κ1) is 16.7. The molecule has 6 heteroatoms. The monoisotopic (exact) mass is 356 g/mol. The van der Waals surface area contributed by atoms with Gasteiger partial charge in [-0.1, -0.05) is 36.5 Å². The summed E-state index contributed by atoms with van der Waals surface area (Å²) in [6, 6.07) is 14.8. The third-order valence-electron chi connectivity index (χ3n) is 3.45. The Morgan fingerprint density at radius 1 is 1.08 bits per heavy atom. The SMILES string of the molecule is C=C(NNC(=S)NC(C)C)c1ccc2c(c1)Nc1ccccc1S2. The number of hydrogen-bond acceptors (Lipinski definition) is 4. The molecule has 2 aromatic rings. The molecule has 0 fully saturated rings. The minimum atomic E-state index is 0.283. The van der Waals surface area contributed by atoms with Crippen LogP contribution in [0, 0.1) is 0 Å². The van der Waals surface area contributed by atoms with Gasteiger partial charge in [0, 0.05) is 21.4 Å². The summed E-state index contributed by atoms with van der Waals surface area (Å²) >= 11 is 6.97. The van der Waals surface area contributed by atoms with Gasteiger partial charge in [-0.05, 0) is 50.3 Å². The molecule has 0 aliphatic carbocycles. The molecule has 3 rings (SSSR count). The predicted octanol–water partition coefficient (Wildman–Crippen LogP) is 4.24. The molecule has 1 heterocycles. The van der Waals surface area contributed by atoms with E-state index in [1.165, 1.54) is 9.79 Å². The van der Waals surface area contributed by atoms with Crippen LogP contribution in [0.2, 0.25) is 0 Å². The highest BCUT2D eigenvalue weighted by atomic mass is 32.2. The average Bonchev–Trinajstić information content (AvgIpc) is 2.56. The summed E-state index contributed by atoms with van der Waals surface area (Å²) in [7, 11) is 0. The van der Waals surface area contributed by atoms with Crippen molar-refractivity contribution in [3.8, 4) is 0 Å². The fraction of sp³-hybridized carbons (Fsp3) is 0.167. The third kappa shape index (κ3) is 3.83. The quantitative estimate of drug-likeness (QED) is 0.414. The molecule has 0 atom stereocenters. The molecule has 0 bridgehead atoms. The first-order valence-corrected chi connectivity index (χ1v) is 8.95. The first-order valence-electron chi connectivity index (χ1n) is 7.72. The molecule has 0 aromatic heterocycles. The fourth-order valence-electron chi connectivity index (χ4n) is 2.33. The fourth-order valence-corrected chi connectivity index (χ4v) is 3.58. The van der Waals surface area contributed by atoms with Crippen LogP contribution in [-0.2, 0) is 0 Å². The Kier molecular flexibility index (Phi) is 4.97. The van der Waals surface area contributed by atoms with E-state index in [-0.39, 0.29) is 6.04 Å². The largest absolute Gasteiger partial charge is 0.359 e. The second kappa shape index (κ2) is 7.15. The van der Waals surface area contributed by atoms with E-state index in [1.807, 2.05) is 19.9 Å². The molecule has 4 nitrogen and oxygen atoms in total. The summed E-state index contributed by atoms with van der Waals surface area (Å²) in [4.78, 5) is 2.44. The van der Waals surface area contributed by atoms with E-state index < -0.39 is 0 Å². The standard InChI is InChI=1S/C18H20N4S2/c1-11(2)19-18(23)22-21-12(3)13-8-9-17-15(10-13)20-14-6-4-5-7-16(14)24-17/h4-11,20-21H,3H2,1-2H3,(H2,19,22,23). The van der Waals surface area contributed by atoms with Crippen molar-refractivity contribution in [2.45, 2.75) is 29.7 Å². The summed E-state index contributed by atoms with van der Waals surface area (Å²) in [6.07, 6.45) is 0. The van der Waals surface area contributed by atoms with Gasteiger partial charge in [0.15, 0.2) is 5.11 Å². The molecule has 1 aliphatic heterocycles. The predicted molar refractivity (Wildman–Crippen MR) is 106 cm³/mol. The van der Waals surface area contributed by atoms with E-state index >= 15 is 0 Å². The Hall–Kier alpha value is -2.18. The van der Waals surface area contributed by atoms with Gasteiger partial charge in [0.2, 0.25) is 0 Å². The van der Waals surface area contributed by atoms with Crippen LogP contribution in [-0.4, -0.2) is 11.2 Å². The van der Waals surface area contributed by atoms with Crippen LogP contribution < -0.4 is 21.5 Å². The molecule has 0 spiro atoms. The van der Waals surface area contributed by atoms with Gasteiger partial charge in [-0.3, -0.25) is 10.9 Å². The van der Waals surface area contributed by atoms with Crippen LogP contribution in [0.5, 0.6) is 0 Å². The molecular formula is C18H20N4S2. The van der Waals surface area contributed by atoms with Crippen LogP contribution in [0.15, 0.2) is 58.8 Å². The lowest BCUT2D eigenvalue weighted by Gasteiger charge is -2.22. The van der Waals surface area contributed by atoms with Gasteiger partial charge in [0.25, 0.3) is 0 Å². The maximum atomic E-state index is 5.20. The van der Waals surface area contributed by atoms with Crippen molar-refractivity contribution in [2.24, 2.45) is 0 Å². The summed E-state index contributed by atoms with van der Waals surface area (Å²) in [5, 5.41) is 7.14. The van der Waals surface area contributed by atoms with Crippen molar-refractivity contribution in [3.63, 3.8) is 0 Å². The Balaban J connectivity index is 1.68. The number of hydrogen-bond donors (Lipinski definition) is 4. The van der Waals surface area contributed by atoms with Crippen molar-refractivity contribution in [2.75, 3.05) is 5.32 Å². The molecule has 0 radical (unpaired) electrons. The smallest absolute Gasteiger partial charge is 0.185 e. The zero-order valence-corrected chi connectivity index (χ0v) is 15.3. The molecule has 0 amide bonds. The molecule has 0 unspecified atom stereocenters. The van der Waals surface area contributed by atoms with Crippen LogP contribution in [0.1, 0.15) is 19.4 Å². The van der Waals surface area contributed by atoms with Crippen molar-refractivity contribution < 1.29 is 0 Å². The van der Waals surface area contributed by atoms with E-state index in [1.54, 1.807) is 11.8 Å². The Morgan fingerprint density at radius 3 is 2.62 bits per heavy atom. The minimum Gasteiger partial charge on any atom is -0.359 e. The molecule has 0 saturated heterocycles. The van der Waals surface area contributed by atoms with Crippen LogP contribution in [0.25, 0.3) is 5.70 Å². The van der Waals surface area contributed by atoms with Gasteiger partial charge >= 0.3 is 0 Å². The van der Waals surface area contributed by atoms with Gasteiger partial charge in [0.05, 0.1) is 17.1 Å². The van der Waals surface area contributed by atoms with E-state index in [4.69, 9.17) is 12.2 Å². The number of anilines is 2. The second-order valence-corrected chi connectivity index (χ2v) is 7.28. The van der Waals surface area contributed by atoms with Crippen LogP contribution >= 0.6 is 24.0 Å². The minimum absolute atomic E-state index is 0.283. The number of nitrogens with one attached hydrogen (secondary N) is 4. The zero-order valence-electron chi connectivity index (χ0n) is 13.6. The lowest BCUT2D eigenvalue weighted by molar-refractivity contribution is 0.700. The van der Waals surface area contributed by atoms with E-state index in [9.17, 15) is 0 Å². The van der Waals surface area contributed by atoms with Crippen LogP contribution in [0.3, 0.4) is 0 Å². The Morgan fingerprint density at radius 2 is 1.83 bits per heavy atom. The lowest BCUT2D eigenvalue weighted by atomic mass is 10.1. The van der Waals surface area contributed by atoms with Gasteiger partial charge in [-0.25, -0.2) is 0 Å². The van der Waals surface area contributed by atoms with E-state index in [2.05, 4.69) is 64.5 Å². The highest BCUT2D eigenvalue weighted by Crippen LogP contribution is 2.44. The van der Waals surface area contributed by atoms with Crippen molar-refractivity contribution in [1.82, 2.24) is 16.2 Å². The molecule has 2 aromatic carbocycles. The summed E-state index contributed by atoms with van der Waals surface area (Å²) < 4.78 is 0. The van der Waals surface area contributed by atoms with Gasteiger partial charge in [0.1, 0.15) is 0 Å². The maximum Gasteiger partial charge on any atom is 0.185 e. The van der Waals surface area contributed by atoms with Gasteiger partial charge < -0.3 is 10.6 Å². The molecule has 24 heavy (non-hydrogen) atoms. The number of hydrazine groups is 1. The zero-order chi connectivity index (χ0) is 17.1. The molecule has 0 saturated carbocycles. The van der Waals surface area contributed by atoms with Crippen molar-refractivity contribution in [1.29, 1.82) is 0 Å². The highest BCUT2D eigenvalue weighted by Gasteiger charge is 2.15. The highest BCUT2D eigenvalue weighted by molar-refractivity contribution is 7.99. The number of fused-ring (bicyclic) bond motifs is 2. The maximum absolute atomic E-state index is 5.20. The summed E-state index contributed by atoms with van der Waals surface area (Å²) in [6.45, 7) is 8.14. The number of benzene rings is 2. The van der Waals surface area contributed by atoms with Crippen molar-refractivity contribution >= 4 is 46.2 Å². The molecular weight excluding hydrogens is 336 g/mol. The summed E-state index contributed by atoms with van der Waals surface area (Å²) in [5.41, 5.74) is 9.98. The number of rotatable bonds is 4. The van der Waals surface area contributed by atoms with Gasteiger partial charge in [-0.15, -0.1) is 0 Å². The van der Waals surface area contributed by atoms with E-state index in [0.717, 1.165) is 22.6 Å². The third-order valence-corrected chi connectivity index (χ3v) is 4.82. The Labute approximate surface area is 152 Å². The van der Waals surface area contributed by atoms with E-state index in [0.29, 0.717) is 5.11 Å². The van der Waals surface area contributed by atoms with Gasteiger partial charge in [-0.2, -0.15) is 0 Å². The summed E-state index contributed by atoms with van der Waals surface area (Å²) in [5.74, 6) is 0. The molecule has 4 N–H and O–H groups in total. The normalized spacial score (nSPS) is 11.8.